The number of rotatable bonds is 3. The Labute approximate surface area is 136 Å². The summed E-state index contributed by atoms with van der Waals surface area (Å²) in [5.74, 6) is -2.86. The fourth-order valence-corrected chi connectivity index (χ4v) is 2.55. The molecule has 0 radical (unpaired) electrons. The number of amides is 1. The molecule has 5 nitrogen and oxygen atoms in total. The molecule has 1 aliphatic rings. The highest BCUT2D eigenvalue weighted by molar-refractivity contribution is 6.31. The number of hydrogen-bond acceptors (Lipinski definition) is 4. The molecule has 0 saturated carbocycles. The lowest BCUT2D eigenvalue weighted by Crippen LogP contribution is -2.24. The molecular formula is C15H13ClF2N4O. The molecule has 0 spiro atoms. The van der Waals surface area contributed by atoms with E-state index >= 15 is 0 Å². The predicted molar refractivity (Wildman–Crippen MR) is 84.1 cm³/mol. The molecule has 1 amide bonds. The first-order valence-corrected chi connectivity index (χ1v) is 7.17. The molecule has 8 heteroatoms. The highest BCUT2D eigenvalue weighted by Crippen LogP contribution is 2.30. The van der Waals surface area contributed by atoms with Crippen molar-refractivity contribution >= 4 is 28.9 Å². The average molecular weight is 339 g/mol. The van der Waals surface area contributed by atoms with Gasteiger partial charge >= 0.3 is 0 Å². The summed E-state index contributed by atoms with van der Waals surface area (Å²) in [5, 5.41) is 2.25. The number of anilines is 2. The van der Waals surface area contributed by atoms with Gasteiger partial charge in [0.05, 0.1) is 16.4 Å². The normalized spacial score (nSPS) is 12.3. The molecular weight excluding hydrogens is 326 g/mol. The number of halogens is 3. The zero-order valence-electron chi connectivity index (χ0n) is 12.1. The van der Waals surface area contributed by atoms with Crippen molar-refractivity contribution in [3.05, 3.63) is 57.6 Å². The zero-order valence-corrected chi connectivity index (χ0v) is 12.8. The fourth-order valence-electron chi connectivity index (χ4n) is 2.35. The van der Waals surface area contributed by atoms with Crippen molar-refractivity contribution in [3.63, 3.8) is 0 Å². The Morgan fingerprint density at radius 3 is 2.78 bits per heavy atom. The summed E-state index contributed by atoms with van der Waals surface area (Å²) in [5.41, 5.74) is 12.2. The molecule has 0 saturated heterocycles. The molecule has 1 aliphatic heterocycles. The van der Waals surface area contributed by atoms with Gasteiger partial charge in [-0.3, -0.25) is 4.79 Å². The summed E-state index contributed by atoms with van der Waals surface area (Å²) in [4.78, 5) is 12.1. The lowest BCUT2D eigenvalue weighted by molar-refractivity contribution is 0.0950. The third-order valence-electron chi connectivity index (χ3n) is 3.60. The second kappa shape index (κ2) is 6.02. The third-order valence-corrected chi connectivity index (χ3v) is 3.88. The van der Waals surface area contributed by atoms with E-state index in [1.807, 2.05) is 19.1 Å². The van der Waals surface area contributed by atoms with Gasteiger partial charge in [0.2, 0.25) is 0 Å². The molecule has 1 heterocycles. The maximum atomic E-state index is 13.3. The number of benzene rings is 2. The van der Waals surface area contributed by atoms with Crippen LogP contribution < -0.4 is 21.7 Å². The van der Waals surface area contributed by atoms with Gasteiger partial charge in [0.1, 0.15) is 0 Å². The Balaban J connectivity index is 1.79. The maximum Gasteiger partial charge on any atom is 0.251 e. The minimum absolute atomic E-state index is 0.0386. The minimum Gasteiger partial charge on any atom is -0.348 e. The molecule has 0 unspecified atom stereocenters. The van der Waals surface area contributed by atoms with Gasteiger partial charge in [0.25, 0.3) is 5.91 Å². The number of nitrogens with one attached hydrogen (secondary N) is 4. The molecule has 2 aromatic rings. The van der Waals surface area contributed by atoms with E-state index < -0.39 is 22.6 Å². The topological polar surface area (TPSA) is 65.2 Å². The smallest absolute Gasteiger partial charge is 0.251 e. The van der Waals surface area contributed by atoms with Crippen molar-refractivity contribution in [2.75, 3.05) is 10.9 Å². The van der Waals surface area contributed by atoms with Crippen LogP contribution in [0.1, 0.15) is 21.5 Å². The van der Waals surface area contributed by atoms with E-state index in [0.717, 1.165) is 34.6 Å². The van der Waals surface area contributed by atoms with Crippen molar-refractivity contribution in [3.8, 4) is 0 Å². The minimum atomic E-state index is -1.17. The van der Waals surface area contributed by atoms with E-state index in [2.05, 4.69) is 21.7 Å². The van der Waals surface area contributed by atoms with E-state index in [9.17, 15) is 13.6 Å². The highest BCUT2D eigenvalue weighted by atomic mass is 35.5. The van der Waals surface area contributed by atoms with E-state index in [0.29, 0.717) is 0 Å². The van der Waals surface area contributed by atoms with Crippen LogP contribution in [-0.4, -0.2) is 5.91 Å². The number of fused-ring (bicyclic) bond motifs is 1. The third kappa shape index (κ3) is 2.93. The van der Waals surface area contributed by atoms with Crippen LogP contribution in [0.15, 0.2) is 24.3 Å². The van der Waals surface area contributed by atoms with Crippen LogP contribution in [0.3, 0.4) is 0 Å². The Morgan fingerprint density at radius 1 is 1.26 bits per heavy atom. The Kier molecular flexibility index (Phi) is 4.06. The van der Waals surface area contributed by atoms with Gasteiger partial charge in [-0.15, -0.1) is 5.53 Å². The summed E-state index contributed by atoms with van der Waals surface area (Å²) in [6.45, 7) is 2.14. The van der Waals surface area contributed by atoms with Gasteiger partial charge in [-0.2, -0.15) is 0 Å². The number of hydrazine groups is 2. The lowest BCUT2D eigenvalue weighted by Gasteiger charge is -2.12. The quantitative estimate of drug-likeness (QED) is 0.649. The summed E-state index contributed by atoms with van der Waals surface area (Å²) >= 11 is 5.56. The van der Waals surface area contributed by atoms with Crippen molar-refractivity contribution < 1.29 is 13.6 Å². The molecule has 23 heavy (non-hydrogen) atoms. The Hall–Kier alpha value is -2.38. The lowest BCUT2D eigenvalue weighted by atomic mass is 10.0. The Morgan fingerprint density at radius 2 is 2.04 bits per heavy atom. The predicted octanol–water partition coefficient (Wildman–Crippen LogP) is 3.11. The number of hydrogen-bond donors (Lipinski definition) is 4. The second-order valence-electron chi connectivity index (χ2n) is 5.10. The highest BCUT2D eigenvalue weighted by Gasteiger charge is 2.18. The largest absolute Gasteiger partial charge is 0.348 e. The SMILES string of the molecule is Cc1ccc2c(c1CNC(=O)c1cc(F)c(F)c(Cl)c1)NNN2. The van der Waals surface area contributed by atoms with Gasteiger partial charge in [0, 0.05) is 17.7 Å². The van der Waals surface area contributed by atoms with E-state index in [1.165, 1.54) is 0 Å². The molecule has 3 rings (SSSR count). The van der Waals surface area contributed by atoms with Gasteiger partial charge in [-0.1, -0.05) is 17.7 Å². The molecule has 120 valence electrons. The molecule has 2 aromatic carbocycles. The van der Waals surface area contributed by atoms with Gasteiger partial charge < -0.3 is 16.2 Å². The van der Waals surface area contributed by atoms with E-state index in [1.54, 1.807) is 0 Å². The number of carbonyl (C=O) groups is 1. The van der Waals surface area contributed by atoms with Gasteiger partial charge in [-0.05, 0) is 30.7 Å². The summed E-state index contributed by atoms with van der Waals surface area (Å²) in [6.07, 6.45) is 0. The van der Waals surface area contributed by atoms with Gasteiger partial charge in [-0.25, -0.2) is 8.78 Å². The Bertz CT molecular complexity index is 774. The second-order valence-corrected chi connectivity index (χ2v) is 5.50. The number of carbonyl (C=O) groups excluding carboxylic acids is 1. The molecule has 4 N–H and O–H groups in total. The van der Waals surface area contributed by atoms with E-state index in [-0.39, 0.29) is 12.1 Å². The zero-order chi connectivity index (χ0) is 16.6. The first-order valence-electron chi connectivity index (χ1n) is 6.79. The molecule has 0 aliphatic carbocycles. The first-order chi connectivity index (χ1) is 11.0. The summed E-state index contributed by atoms with van der Waals surface area (Å²) in [7, 11) is 0. The van der Waals surface area contributed by atoms with Crippen LogP contribution >= 0.6 is 11.6 Å². The molecule has 0 bridgehead atoms. The molecule has 0 fully saturated rings. The molecule has 0 aromatic heterocycles. The monoisotopic (exact) mass is 338 g/mol. The van der Waals surface area contributed by atoms with Crippen LogP contribution in [0, 0.1) is 18.6 Å². The van der Waals surface area contributed by atoms with Crippen LogP contribution in [0.4, 0.5) is 20.2 Å². The number of aryl methyl sites for hydroxylation is 1. The fraction of sp³-hybridized carbons (Fsp3) is 0.133. The first kappa shape index (κ1) is 15.5. The van der Waals surface area contributed by atoms with Gasteiger partial charge in [0.15, 0.2) is 11.6 Å². The average Bonchev–Trinajstić information content (AvgIpc) is 2.99. The van der Waals surface area contributed by atoms with Crippen molar-refractivity contribution in [2.24, 2.45) is 0 Å². The standard InChI is InChI=1S/C15H13ClF2N4O/c1-7-2-3-12-14(21-22-20-12)9(7)6-19-15(23)8-4-10(16)13(18)11(17)5-8/h2-5,20-22H,6H2,1H3,(H,19,23). The summed E-state index contributed by atoms with van der Waals surface area (Å²) in [6, 6.07) is 5.73. The molecule has 0 atom stereocenters. The van der Waals surface area contributed by atoms with E-state index in [4.69, 9.17) is 11.6 Å². The van der Waals surface area contributed by atoms with Crippen LogP contribution in [0.5, 0.6) is 0 Å². The van der Waals surface area contributed by atoms with Crippen LogP contribution in [0.2, 0.25) is 5.02 Å². The summed E-state index contributed by atoms with van der Waals surface area (Å²) < 4.78 is 26.5. The van der Waals surface area contributed by atoms with Crippen molar-refractivity contribution in [1.29, 1.82) is 0 Å². The maximum absolute atomic E-state index is 13.3. The van der Waals surface area contributed by atoms with Crippen molar-refractivity contribution in [1.82, 2.24) is 10.9 Å². The van der Waals surface area contributed by atoms with Crippen LogP contribution in [-0.2, 0) is 6.54 Å². The van der Waals surface area contributed by atoms with Crippen molar-refractivity contribution in [2.45, 2.75) is 13.5 Å². The van der Waals surface area contributed by atoms with Crippen LogP contribution in [0.25, 0.3) is 0 Å².